The average molecular weight is 420 g/mol. The number of H-pyrrole nitrogens is 2. The lowest BCUT2D eigenvalue weighted by molar-refractivity contribution is 0.102. The highest BCUT2D eigenvalue weighted by Gasteiger charge is 2.18. The molecule has 1 aromatic carbocycles. The average Bonchev–Trinajstić information content (AvgIpc) is 3.30. The summed E-state index contributed by atoms with van der Waals surface area (Å²) in [5.41, 5.74) is 3.64. The largest absolute Gasteiger partial charge is 0.323 e. The SMILES string of the molecule is Cc1cc2[nH]c(=O)[nH]c2c(NC(=O)c2cn(CCC3CCCCN3)nn2)c1C.Cl. The van der Waals surface area contributed by atoms with E-state index in [4.69, 9.17) is 0 Å². The summed E-state index contributed by atoms with van der Waals surface area (Å²) < 4.78 is 1.71. The van der Waals surface area contributed by atoms with Crippen LogP contribution in [0.4, 0.5) is 5.69 Å². The molecule has 4 N–H and O–H groups in total. The molecule has 2 aromatic heterocycles. The van der Waals surface area contributed by atoms with E-state index in [0.29, 0.717) is 22.8 Å². The van der Waals surface area contributed by atoms with E-state index in [-0.39, 0.29) is 29.7 Å². The van der Waals surface area contributed by atoms with Crippen molar-refractivity contribution in [2.45, 2.75) is 52.1 Å². The molecular formula is C19H26ClN7O2. The number of imidazole rings is 1. The van der Waals surface area contributed by atoms with Crippen LogP contribution in [-0.2, 0) is 6.54 Å². The summed E-state index contributed by atoms with van der Waals surface area (Å²) in [6.45, 7) is 5.63. The van der Waals surface area contributed by atoms with Crippen LogP contribution in [0.25, 0.3) is 11.0 Å². The van der Waals surface area contributed by atoms with Crippen LogP contribution in [0.1, 0.15) is 47.3 Å². The van der Waals surface area contributed by atoms with Crippen molar-refractivity contribution in [2.24, 2.45) is 0 Å². The van der Waals surface area contributed by atoms with Gasteiger partial charge in [-0.1, -0.05) is 11.6 Å². The quantitative estimate of drug-likeness (QED) is 0.505. The molecule has 0 spiro atoms. The van der Waals surface area contributed by atoms with Gasteiger partial charge in [0, 0.05) is 12.6 Å². The fourth-order valence-corrected chi connectivity index (χ4v) is 3.72. The number of piperidine rings is 1. The number of carbonyl (C=O) groups is 1. The van der Waals surface area contributed by atoms with Crippen LogP contribution >= 0.6 is 12.4 Å². The van der Waals surface area contributed by atoms with Gasteiger partial charge in [0.1, 0.15) is 0 Å². The van der Waals surface area contributed by atoms with Crippen LogP contribution in [0.2, 0.25) is 0 Å². The first-order valence-corrected chi connectivity index (χ1v) is 9.68. The highest BCUT2D eigenvalue weighted by atomic mass is 35.5. The zero-order chi connectivity index (χ0) is 19.7. The van der Waals surface area contributed by atoms with Gasteiger partial charge in [-0.15, -0.1) is 17.5 Å². The second kappa shape index (κ2) is 8.79. The first kappa shape index (κ1) is 21.1. The minimum absolute atomic E-state index is 0. The van der Waals surface area contributed by atoms with Gasteiger partial charge in [-0.25, -0.2) is 4.79 Å². The Morgan fingerprint density at radius 1 is 1.31 bits per heavy atom. The second-order valence-electron chi connectivity index (χ2n) is 7.45. The fraction of sp³-hybridized carbons (Fsp3) is 0.474. The summed E-state index contributed by atoms with van der Waals surface area (Å²) in [4.78, 5) is 29.8. The van der Waals surface area contributed by atoms with Crippen molar-refractivity contribution in [3.05, 3.63) is 39.6 Å². The van der Waals surface area contributed by atoms with Gasteiger partial charge in [0.15, 0.2) is 5.69 Å². The molecule has 3 aromatic rings. The summed E-state index contributed by atoms with van der Waals surface area (Å²) in [6, 6.07) is 2.39. The molecular weight excluding hydrogens is 394 g/mol. The molecule has 1 unspecified atom stereocenters. The number of halogens is 1. The summed E-state index contributed by atoms with van der Waals surface area (Å²) in [5, 5.41) is 14.5. The van der Waals surface area contributed by atoms with Crippen molar-refractivity contribution in [3.8, 4) is 0 Å². The molecule has 1 amide bonds. The number of nitrogens with zero attached hydrogens (tertiary/aromatic N) is 3. The van der Waals surface area contributed by atoms with Gasteiger partial charge in [-0.3, -0.25) is 9.48 Å². The van der Waals surface area contributed by atoms with E-state index in [2.05, 4.69) is 30.9 Å². The predicted molar refractivity (Wildman–Crippen MR) is 114 cm³/mol. The lowest BCUT2D eigenvalue weighted by atomic mass is 10.0. The number of hydrogen-bond acceptors (Lipinski definition) is 5. The molecule has 1 aliphatic heterocycles. The number of rotatable bonds is 5. The molecule has 0 bridgehead atoms. The van der Waals surface area contributed by atoms with Crippen molar-refractivity contribution in [2.75, 3.05) is 11.9 Å². The van der Waals surface area contributed by atoms with Gasteiger partial charge >= 0.3 is 5.69 Å². The maximum Gasteiger partial charge on any atom is 0.323 e. The Bertz CT molecular complexity index is 1060. The van der Waals surface area contributed by atoms with Crippen molar-refractivity contribution in [1.29, 1.82) is 0 Å². The zero-order valence-electron chi connectivity index (χ0n) is 16.5. The molecule has 9 nitrogen and oxygen atoms in total. The molecule has 4 rings (SSSR count). The summed E-state index contributed by atoms with van der Waals surface area (Å²) in [6.07, 6.45) is 6.31. The van der Waals surface area contributed by atoms with Gasteiger partial charge in [-0.05, 0) is 56.8 Å². The standard InChI is InChI=1S/C19H25N7O2.ClH/c1-11-9-14-17(23-19(28)21-14)16(12(11)2)22-18(27)15-10-26(25-24-15)8-6-13-5-3-4-7-20-13;/h9-10,13,20H,3-8H2,1-2H3,(H,22,27)(H2,21,23,28);1H. The predicted octanol–water partition coefficient (Wildman–Crippen LogP) is 2.27. The maximum absolute atomic E-state index is 12.7. The fourth-order valence-electron chi connectivity index (χ4n) is 3.72. The van der Waals surface area contributed by atoms with E-state index in [1.807, 2.05) is 19.9 Å². The molecule has 1 saturated heterocycles. The van der Waals surface area contributed by atoms with Crippen molar-refractivity contribution in [1.82, 2.24) is 30.3 Å². The minimum Gasteiger partial charge on any atom is -0.318 e. The summed E-state index contributed by atoms with van der Waals surface area (Å²) in [7, 11) is 0. The third kappa shape index (κ3) is 4.51. The van der Waals surface area contributed by atoms with Gasteiger partial charge in [-0.2, -0.15) is 0 Å². The number of benzene rings is 1. The van der Waals surface area contributed by atoms with Crippen molar-refractivity contribution in [3.63, 3.8) is 0 Å². The Hall–Kier alpha value is -2.65. The monoisotopic (exact) mass is 419 g/mol. The van der Waals surface area contributed by atoms with E-state index in [0.717, 1.165) is 30.6 Å². The molecule has 0 saturated carbocycles. The first-order valence-electron chi connectivity index (χ1n) is 9.68. The number of carbonyl (C=O) groups excluding carboxylic acids is 1. The number of aromatic nitrogens is 5. The minimum atomic E-state index is -0.348. The van der Waals surface area contributed by atoms with Crippen molar-refractivity contribution < 1.29 is 4.79 Å². The zero-order valence-corrected chi connectivity index (χ0v) is 17.4. The molecule has 1 aliphatic rings. The molecule has 10 heteroatoms. The summed E-state index contributed by atoms with van der Waals surface area (Å²) >= 11 is 0. The van der Waals surface area contributed by atoms with Crippen LogP contribution in [0.3, 0.4) is 0 Å². The topological polar surface area (TPSA) is 120 Å². The van der Waals surface area contributed by atoms with E-state index in [1.165, 1.54) is 19.3 Å². The van der Waals surface area contributed by atoms with Gasteiger partial charge in [0.2, 0.25) is 0 Å². The molecule has 29 heavy (non-hydrogen) atoms. The Kier molecular flexibility index (Phi) is 6.39. The smallest absolute Gasteiger partial charge is 0.318 e. The normalized spacial score (nSPS) is 16.6. The first-order chi connectivity index (χ1) is 13.5. The van der Waals surface area contributed by atoms with Gasteiger partial charge in [0.25, 0.3) is 5.91 Å². The Balaban J connectivity index is 0.00000240. The van der Waals surface area contributed by atoms with Crippen molar-refractivity contribution >= 4 is 35.0 Å². The van der Waals surface area contributed by atoms with E-state index >= 15 is 0 Å². The lowest BCUT2D eigenvalue weighted by Crippen LogP contribution is -2.34. The van der Waals surface area contributed by atoms with Crippen LogP contribution in [-0.4, -0.2) is 43.5 Å². The van der Waals surface area contributed by atoms with Crippen LogP contribution < -0.4 is 16.3 Å². The third-order valence-electron chi connectivity index (χ3n) is 5.46. The molecule has 0 radical (unpaired) electrons. The number of hydrogen-bond donors (Lipinski definition) is 4. The highest BCUT2D eigenvalue weighted by molar-refractivity contribution is 6.07. The van der Waals surface area contributed by atoms with Crippen LogP contribution in [0.15, 0.2) is 17.1 Å². The van der Waals surface area contributed by atoms with E-state index in [1.54, 1.807) is 10.9 Å². The van der Waals surface area contributed by atoms with E-state index < -0.39 is 0 Å². The molecule has 3 heterocycles. The Labute approximate surface area is 174 Å². The molecule has 156 valence electrons. The highest BCUT2D eigenvalue weighted by Crippen LogP contribution is 2.27. The molecule has 0 aliphatic carbocycles. The lowest BCUT2D eigenvalue weighted by Gasteiger charge is -2.23. The Morgan fingerprint density at radius 3 is 2.90 bits per heavy atom. The van der Waals surface area contributed by atoms with Gasteiger partial charge in [0.05, 0.1) is 22.9 Å². The number of anilines is 1. The maximum atomic E-state index is 12.7. The summed E-state index contributed by atoms with van der Waals surface area (Å²) in [5.74, 6) is -0.348. The number of aromatic amines is 2. The molecule has 1 fully saturated rings. The second-order valence-corrected chi connectivity index (χ2v) is 7.45. The number of nitrogens with one attached hydrogen (secondary N) is 4. The van der Waals surface area contributed by atoms with Crippen LogP contribution in [0, 0.1) is 13.8 Å². The number of fused-ring (bicyclic) bond motifs is 1. The number of amides is 1. The van der Waals surface area contributed by atoms with Crippen LogP contribution in [0.5, 0.6) is 0 Å². The third-order valence-corrected chi connectivity index (χ3v) is 5.46. The van der Waals surface area contributed by atoms with Gasteiger partial charge < -0.3 is 20.6 Å². The molecule has 1 atom stereocenters. The number of aryl methyl sites for hydroxylation is 2. The van der Waals surface area contributed by atoms with E-state index in [9.17, 15) is 9.59 Å². The Morgan fingerprint density at radius 2 is 2.14 bits per heavy atom.